The van der Waals surface area contributed by atoms with Crippen molar-refractivity contribution in [1.82, 2.24) is 10.6 Å². The largest absolute Gasteiger partial charge is 0.356 e. The second kappa shape index (κ2) is 27.2. The van der Waals surface area contributed by atoms with Crippen molar-refractivity contribution in [1.29, 1.82) is 0 Å². The van der Waals surface area contributed by atoms with E-state index in [1.54, 1.807) is 0 Å². The van der Waals surface area contributed by atoms with E-state index in [1.165, 1.54) is 0 Å². The number of hydrogen-bond acceptors (Lipinski definition) is 10. The van der Waals surface area contributed by atoms with Gasteiger partial charge in [0.2, 0.25) is 11.8 Å². The molecule has 2 rings (SSSR count). The van der Waals surface area contributed by atoms with E-state index < -0.39 is 0 Å². The van der Waals surface area contributed by atoms with E-state index in [1.807, 2.05) is 0 Å². The van der Waals surface area contributed by atoms with Crippen molar-refractivity contribution in [2.45, 2.75) is 109 Å². The summed E-state index contributed by atoms with van der Waals surface area (Å²) in [6.07, 6.45) is 15.7. The van der Waals surface area contributed by atoms with Crippen LogP contribution in [0.5, 0.6) is 0 Å². The standard InChI is InChI=1S/C39H82N10O2/c40-18-8-28-29(9-19-41)33(13-23-45)36(32(28)12-22-44)16-26-48-38(50)6-4-2-1-3-5-7-39(51)49-27-17-37-34(14-24-46)30(10-20-42)31(11-21-43)35(37)15-25-47/h28-37H,1-27,40-47H2,(H,48,50)(H,49,51). The molecule has 2 saturated carbocycles. The van der Waals surface area contributed by atoms with Crippen molar-refractivity contribution >= 4 is 11.8 Å². The maximum Gasteiger partial charge on any atom is 0.219 e. The molecule has 12 nitrogen and oxygen atoms in total. The zero-order valence-corrected chi connectivity index (χ0v) is 32.3. The number of rotatable bonds is 30. The van der Waals surface area contributed by atoms with E-state index in [2.05, 4.69) is 10.6 Å². The molecule has 0 aromatic rings. The highest BCUT2D eigenvalue weighted by atomic mass is 16.2. The maximum absolute atomic E-state index is 12.7. The van der Waals surface area contributed by atoms with Crippen molar-refractivity contribution in [3.8, 4) is 0 Å². The molecule has 18 N–H and O–H groups in total. The van der Waals surface area contributed by atoms with Crippen molar-refractivity contribution in [2.75, 3.05) is 65.4 Å². The van der Waals surface area contributed by atoms with Crippen LogP contribution in [0, 0.1) is 59.2 Å². The number of hydrogen-bond donors (Lipinski definition) is 10. The lowest BCUT2D eigenvalue weighted by Gasteiger charge is -2.27. The molecule has 0 aromatic carbocycles. The van der Waals surface area contributed by atoms with E-state index >= 15 is 0 Å². The molecule has 8 atom stereocenters. The van der Waals surface area contributed by atoms with Gasteiger partial charge in [-0.25, -0.2) is 0 Å². The van der Waals surface area contributed by atoms with Crippen LogP contribution in [0.15, 0.2) is 0 Å². The molecule has 0 aliphatic heterocycles. The van der Waals surface area contributed by atoms with Gasteiger partial charge in [-0.1, -0.05) is 19.3 Å². The summed E-state index contributed by atoms with van der Waals surface area (Å²) in [5.74, 6) is 5.46. The summed E-state index contributed by atoms with van der Waals surface area (Å²) in [6, 6.07) is 0. The van der Waals surface area contributed by atoms with Gasteiger partial charge in [0.1, 0.15) is 0 Å². The predicted molar refractivity (Wildman–Crippen MR) is 212 cm³/mol. The van der Waals surface area contributed by atoms with E-state index in [0.717, 1.165) is 96.3 Å². The minimum absolute atomic E-state index is 0.128. The van der Waals surface area contributed by atoms with Gasteiger partial charge in [0.05, 0.1) is 0 Å². The van der Waals surface area contributed by atoms with Gasteiger partial charge in [0, 0.05) is 25.9 Å². The summed E-state index contributed by atoms with van der Waals surface area (Å²) in [6.45, 7) is 6.78. The van der Waals surface area contributed by atoms with Gasteiger partial charge in [-0.05, 0) is 189 Å². The van der Waals surface area contributed by atoms with Gasteiger partial charge < -0.3 is 56.5 Å². The van der Waals surface area contributed by atoms with Crippen molar-refractivity contribution < 1.29 is 9.59 Å². The fourth-order valence-electron chi connectivity index (χ4n) is 11.0. The molecule has 0 radical (unpaired) electrons. The predicted octanol–water partition coefficient (Wildman–Crippen LogP) is 1.71. The normalized spacial score (nSPS) is 29.1. The summed E-state index contributed by atoms with van der Waals surface area (Å²) >= 11 is 0. The highest BCUT2D eigenvalue weighted by molar-refractivity contribution is 5.76. The topological polar surface area (TPSA) is 266 Å². The molecule has 0 spiro atoms. The molecular weight excluding hydrogens is 640 g/mol. The highest BCUT2D eigenvalue weighted by Gasteiger charge is 2.49. The number of amides is 2. The monoisotopic (exact) mass is 723 g/mol. The number of nitrogens with one attached hydrogen (secondary N) is 2. The van der Waals surface area contributed by atoms with Crippen molar-refractivity contribution in [2.24, 2.45) is 105 Å². The Hall–Kier alpha value is -1.38. The van der Waals surface area contributed by atoms with Crippen LogP contribution in [0.4, 0.5) is 0 Å². The van der Waals surface area contributed by atoms with Gasteiger partial charge in [-0.15, -0.1) is 0 Å². The van der Waals surface area contributed by atoms with Crippen molar-refractivity contribution in [3.05, 3.63) is 0 Å². The quantitative estimate of drug-likeness (QED) is 0.0480. The molecule has 2 aliphatic rings. The summed E-state index contributed by atoms with van der Waals surface area (Å²) in [5.41, 5.74) is 48.4. The third-order valence-corrected chi connectivity index (χ3v) is 12.9. The Bertz CT molecular complexity index is 799. The zero-order valence-electron chi connectivity index (χ0n) is 32.3. The molecule has 2 aliphatic carbocycles. The first kappa shape index (κ1) is 45.8. The van der Waals surface area contributed by atoms with Gasteiger partial charge in [-0.2, -0.15) is 0 Å². The lowest BCUT2D eigenvalue weighted by Crippen LogP contribution is -2.30. The number of nitrogens with two attached hydrogens (primary N) is 8. The minimum atomic E-state index is 0.128. The third-order valence-electron chi connectivity index (χ3n) is 12.9. The van der Waals surface area contributed by atoms with E-state index in [4.69, 9.17) is 45.9 Å². The Labute approximate surface area is 311 Å². The molecule has 0 saturated heterocycles. The molecule has 2 fully saturated rings. The smallest absolute Gasteiger partial charge is 0.219 e. The van der Waals surface area contributed by atoms with Crippen LogP contribution in [0.25, 0.3) is 0 Å². The lowest BCUT2D eigenvalue weighted by molar-refractivity contribution is -0.122. The minimum Gasteiger partial charge on any atom is -0.356 e. The van der Waals surface area contributed by atoms with Crippen LogP contribution in [0.2, 0.25) is 0 Å². The molecule has 0 bridgehead atoms. The Morgan fingerprint density at radius 1 is 0.314 bits per heavy atom. The molecule has 51 heavy (non-hydrogen) atoms. The molecule has 12 heteroatoms. The van der Waals surface area contributed by atoms with Crippen LogP contribution >= 0.6 is 0 Å². The molecule has 300 valence electrons. The Morgan fingerprint density at radius 2 is 0.510 bits per heavy atom. The van der Waals surface area contributed by atoms with Gasteiger partial charge in [-0.3, -0.25) is 9.59 Å². The van der Waals surface area contributed by atoms with Crippen LogP contribution in [0.1, 0.15) is 109 Å². The molecular formula is C39H82N10O2. The average molecular weight is 723 g/mol. The Morgan fingerprint density at radius 3 is 0.725 bits per heavy atom. The number of carbonyl (C=O) groups excluding carboxylic acids is 2. The molecule has 0 heterocycles. The van der Waals surface area contributed by atoms with Crippen LogP contribution in [0.3, 0.4) is 0 Å². The SMILES string of the molecule is NCCC1C(CCN)C(CCN)C(CCNC(=O)CCCCCCCC(=O)NCCC2C(CCN)C(CCN)C(CCN)C2CCN)C1CCN. The number of unbranched alkanes of at least 4 members (excludes halogenated alkanes) is 4. The zero-order chi connectivity index (χ0) is 37.4. The third kappa shape index (κ3) is 14.8. The van der Waals surface area contributed by atoms with E-state index in [-0.39, 0.29) is 11.8 Å². The van der Waals surface area contributed by atoms with Crippen molar-refractivity contribution in [3.63, 3.8) is 0 Å². The lowest BCUT2D eigenvalue weighted by atomic mass is 9.80. The fourth-order valence-corrected chi connectivity index (χ4v) is 11.0. The van der Waals surface area contributed by atoms with Crippen LogP contribution in [-0.2, 0) is 9.59 Å². The van der Waals surface area contributed by atoms with Gasteiger partial charge >= 0.3 is 0 Å². The molecule has 0 aromatic heterocycles. The van der Waals surface area contributed by atoms with E-state index in [9.17, 15) is 9.59 Å². The fraction of sp³-hybridized carbons (Fsp3) is 0.949. The van der Waals surface area contributed by atoms with Crippen LogP contribution in [-0.4, -0.2) is 77.3 Å². The Kier molecular flexibility index (Phi) is 24.4. The van der Waals surface area contributed by atoms with Crippen LogP contribution < -0.4 is 56.5 Å². The second-order valence-corrected chi connectivity index (χ2v) is 15.8. The summed E-state index contributed by atoms with van der Waals surface area (Å²) < 4.78 is 0. The van der Waals surface area contributed by atoms with Gasteiger partial charge in [0.15, 0.2) is 0 Å². The van der Waals surface area contributed by atoms with Gasteiger partial charge in [0.25, 0.3) is 0 Å². The first-order chi connectivity index (χ1) is 24.9. The summed E-state index contributed by atoms with van der Waals surface area (Å²) in [4.78, 5) is 25.4. The summed E-state index contributed by atoms with van der Waals surface area (Å²) in [7, 11) is 0. The molecule has 8 unspecified atom stereocenters. The first-order valence-electron chi connectivity index (χ1n) is 21.0. The van der Waals surface area contributed by atoms with E-state index in [0.29, 0.717) is 137 Å². The summed E-state index contributed by atoms with van der Waals surface area (Å²) in [5, 5.41) is 6.39. The average Bonchev–Trinajstić information content (AvgIpc) is 3.52. The first-order valence-corrected chi connectivity index (χ1v) is 21.0. The highest BCUT2D eigenvalue weighted by Crippen LogP contribution is 2.53. The molecule has 2 amide bonds. The Balaban J connectivity index is 1.68. The number of carbonyl (C=O) groups is 2. The maximum atomic E-state index is 12.7. The second-order valence-electron chi connectivity index (χ2n) is 15.8.